The average molecular weight is 466 g/mol. The monoisotopic (exact) mass is 465 g/mol. The molecule has 0 N–H and O–H groups in total. The summed E-state index contributed by atoms with van der Waals surface area (Å²) in [7, 11) is -3.68. The highest BCUT2D eigenvalue weighted by Crippen LogP contribution is 2.34. The van der Waals surface area contributed by atoms with Gasteiger partial charge in [-0.05, 0) is 35.9 Å². The zero-order valence-corrected chi connectivity index (χ0v) is 18.5. The van der Waals surface area contributed by atoms with Crippen molar-refractivity contribution in [2.24, 2.45) is 4.99 Å². The zero-order valence-electron chi connectivity index (χ0n) is 16.0. The summed E-state index contributed by atoms with van der Waals surface area (Å²) in [5, 5.41) is 0. The first-order chi connectivity index (χ1) is 14.4. The van der Waals surface area contributed by atoms with Gasteiger partial charge in [-0.2, -0.15) is 4.31 Å². The summed E-state index contributed by atoms with van der Waals surface area (Å²) in [6.45, 7) is 1.11. The molecule has 30 heavy (non-hydrogen) atoms. The minimum Gasteiger partial charge on any atom is -0.339 e. The second-order valence-corrected chi connectivity index (χ2v) is 10.9. The highest BCUT2D eigenvalue weighted by Gasteiger charge is 2.30. The molecule has 0 aromatic heterocycles. The average Bonchev–Trinajstić information content (AvgIpc) is 2.77. The van der Waals surface area contributed by atoms with Crippen LogP contribution < -0.4 is 0 Å². The van der Waals surface area contributed by atoms with Crippen LogP contribution in [-0.4, -0.2) is 59.8 Å². The summed E-state index contributed by atoms with van der Waals surface area (Å²) in [6, 6.07) is 12.8. The number of aliphatic imine (C=N–C) groups is 1. The molecule has 2 aliphatic rings. The number of amides is 1. The molecule has 6 nitrogen and oxygen atoms in total. The standard InChI is InChI=1S/C20H20FN3O3S3/c21-16-5-7-17(8-6-16)30(26,27)24-11-9-23(10-12-24)19(25)14-29-20-22-18-4-2-1-3-15(18)13-28-20/h1-8H,9-14H2. The number of benzene rings is 2. The van der Waals surface area contributed by atoms with Crippen LogP contribution in [0.3, 0.4) is 0 Å². The number of thioether (sulfide) groups is 2. The van der Waals surface area contributed by atoms with Gasteiger partial charge >= 0.3 is 0 Å². The normalized spacial score (nSPS) is 17.4. The van der Waals surface area contributed by atoms with Crippen molar-refractivity contribution < 1.29 is 17.6 Å². The molecule has 1 saturated heterocycles. The van der Waals surface area contributed by atoms with Crippen LogP contribution in [-0.2, 0) is 20.6 Å². The summed E-state index contributed by atoms with van der Waals surface area (Å²) in [4.78, 5) is 18.9. The summed E-state index contributed by atoms with van der Waals surface area (Å²) in [5.74, 6) is 0.613. The molecule has 2 heterocycles. The molecule has 1 amide bonds. The summed E-state index contributed by atoms with van der Waals surface area (Å²) < 4.78 is 40.7. The summed E-state index contributed by atoms with van der Waals surface area (Å²) in [6.07, 6.45) is 0. The Labute approximate surface area is 183 Å². The molecule has 0 atom stereocenters. The van der Waals surface area contributed by atoms with Crippen LogP contribution >= 0.6 is 23.5 Å². The van der Waals surface area contributed by atoms with Gasteiger partial charge in [-0.1, -0.05) is 41.7 Å². The van der Waals surface area contributed by atoms with E-state index in [9.17, 15) is 17.6 Å². The molecular weight excluding hydrogens is 445 g/mol. The Balaban J connectivity index is 1.30. The number of nitrogens with zero attached hydrogens (tertiary/aromatic N) is 3. The van der Waals surface area contributed by atoms with Gasteiger partial charge in [0.1, 0.15) is 10.2 Å². The maximum Gasteiger partial charge on any atom is 0.243 e. The van der Waals surface area contributed by atoms with Crippen molar-refractivity contribution in [3.63, 3.8) is 0 Å². The van der Waals surface area contributed by atoms with E-state index >= 15 is 0 Å². The van der Waals surface area contributed by atoms with E-state index in [4.69, 9.17) is 0 Å². The van der Waals surface area contributed by atoms with Gasteiger partial charge in [0.15, 0.2) is 0 Å². The van der Waals surface area contributed by atoms with Crippen LogP contribution in [0, 0.1) is 5.82 Å². The predicted molar refractivity (Wildman–Crippen MR) is 119 cm³/mol. The van der Waals surface area contributed by atoms with Gasteiger partial charge < -0.3 is 4.90 Å². The van der Waals surface area contributed by atoms with Crippen molar-refractivity contribution in [2.45, 2.75) is 10.6 Å². The number of piperazine rings is 1. The van der Waals surface area contributed by atoms with Crippen LogP contribution in [0.5, 0.6) is 0 Å². The topological polar surface area (TPSA) is 70.1 Å². The van der Waals surface area contributed by atoms with Crippen molar-refractivity contribution in [3.8, 4) is 0 Å². The van der Waals surface area contributed by atoms with E-state index in [1.165, 1.54) is 33.8 Å². The Morgan fingerprint density at radius 3 is 2.50 bits per heavy atom. The maximum absolute atomic E-state index is 13.1. The molecule has 0 spiro atoms. The zero-order chi connectivity index (χ0) is 21.1. The van der Waals surface area contributed by atoms with Gasteiger partial charge in [0.05, 0.1) is 16.3 Å². The molecule has 0 aliphatic carbocycles. The fourth-order valence-corrected chi connectivity index (χ4v) is 6.62. The largest absolute Gasteiger partial charge is 0.339 e. The van der Waals surface area contributed by atoms with Gasteiger partial charge in [0.2, 0.25) is 15.9 Å². The van der Waals surface area contributed by atoms with E-state index in [-0.39, 0.29) is 29.6 Å². The Bertz CT molecular complexity index is 1070. The van der Waals surface area contributed by atoms with Gasteiger partial charge in [0.25, 0.3) is 0 Å². The van der Waals surface area contributed by atoms with Crippen LogP contribution in [0.25, 0.3) is 0 Å². The molecule has 158 valence electrons. The third kappa shape index (κ3) is 4.72. The smallest absolute Gasteiger partial charge is 0.243 e. The molecule has 10 heteroatoms. The number of para-hydroxylation sites is 1. The number of carbonyl (C=O) groups is 1. The highest BCUT2D eigenvalue weighted by atomic mass is 32.2. The van der Waals surface area contributed by atoms with Crippen LogP contribution in [0.2, 0.25) is 0 Å². The number of carbonyl (C=O) groups excluding carboxylic acids is 1. The van der Waals surface area contributed by atoms with E-state index in [1.54, 1.807) is 16.7 Å². The van der Waals surface area contributed by atoms with Gasteiger partial charge in [-0.15, -0.1) is 0 Å². The Hall–Kier alpha value is -1.88. The van der Waals surface area contributed by atoms with Crippen LogP contribution in [0.4, 0.5) is 10.1 Å². The molecular formula is C20H20FN3O3S3. The Morgan fingerprint density at radius 2 is 1.77 bits per heavy atom. The lowest BCUT2D eigenvalue weighted by Gasteiger charge is -2.34. The van der Waals surface area contributed by atoms with E-state index in [1.807, 2.05) is 18.2 Å². The lowest BCUT2D eigenvalue weighted by Crippen LogP contribution is -2.51. The third-order valence-electron chi connectivity index (χ3n) is 4.92. The van der Waals surface area contributed by atoms with Crippen LogP contribution in [0.15, 0.2) is 58.4 Å². The molecule has 1 fully saturated rings. The number of hydrogen-bond acceptors (Lipinski definition) is 6. The summed E-state index contributed by atoms with van der Waals surface area (Å²) >= 11 is 3.05. The molecule has 0 bridgehead atoms. The van der Waals surface area contributed by atoms with Crippen LogP contribution in [0.1, 0.15) is 5.56 Å². The number of halogens is 1. The second kappa shape index (κ2) is 9.09. The highest BCUT2D eigenvalue weighted by molar-refractivity contribution is 8.38. The fourth-order valence-electron chi connectivity index (χ4n) is 3.23. The van der Waals surface area contributed by atoms with Gasteiger partial charge in [-0.3, -0.25) is 4.79 Å². The van der Waals surface area contributed by atoms with Crippen molar-refractivity contribution in [1.29, 1.82) is 0 Å². The predicted octanol–water partition coefficient (Wildman–Crippen LogP) is 3.33. The SMILES string of the molecule is O=C(CSC1=Nc2ccccc2CS1)N1CCN(S(=O)(=O)c2ccc(F)cc2)CC1. The Kier molecular flexibility index (Phi) is 6.47. The number of hydrogen-bond donors (Lipinski definition) is 0. The number of fused-ring (bicyclic) bond motifs is 1. The van der Waals surface area contributed by atoms with E-state index < -0.39 is 15.8 Å². The number of rotatable bonds is 4. The molecule has 2 aliphatic heterocycles. The summed E-state index contributed by atoms with van der Waals surface area (Å²) in [5.41, 5.74) is 2.14. The molecule has 2 aromatic carbocycles. The first-order valence-corrected chi connectivity index (χ1v) is 12.8. The fraction of sp³-hybridized carbons (Fsp3) is 0.300. The van der Waals surface area contributed by atoms with Crippen molar-refractivity contribution in [2.75, 3.05) is 31.9 Å². The first-order valence-electron chi connectivity index (χ1n) is 9.39. The van der Waals surface area contributed by atoms with Crippen molar-refractivity contribution in [3.05, 3.63) is 59.9 Å². The maximum atomic E-state index is 13.1. The molecule has 4 rings (SSSR count). The van der Waals surface area contributed by atoms with Gasteiger partial charge in [0, 0.05) is 31.9 Å². The molecule has 0 saturated carbocycles. The molecule has 2 aromatic rings. The van der Waals surface area contributed by atoms with Gasteiger partial charge in [-0.25, -0.2) is 17.8 Å². The molecule has 0 unspecified atom stereocenters. The molecule has 0 radical (unpaired) electrons. The lowest BCUT2D eigenvalue weighted by atomic mass is 10.2. The second-order valence-electron chi connectivity index (χ2n) is 6.82. The van der Waals surface area contributed by atoms with Crippen molar-refractivity contribution >= 4 is 49.5 Å². The van der Waals surface area contributed by atoms with E-state index in [2.05, 4.69) is 11.1 Å². The van der Waals surface area contributed by atoms with Crippen molar-refractivity contribution in [1.82, 2.24) is 9.21 Å². The Morgan fingerprint density at radius 1 is 1.07 bits per heavy atom. The minimum atomic E-state index is -3.68. The minimum absolute atomic E-state index is 0.0269. The number of sulfonamides is 1. The third-order valence-corrected chi connectivity index (χ3v) is 9.06. The van der Waals surface area contributed by atoms with E-state index in [0.29, 0.717) is 13.1 Å². The lowest BCUT2D eigenvalue weighted by molar-refractivity contribution is -0.129. The van der Waals surface area contributed by atoms with E-state index in [0.717, 1.165) is 27.9 Å². The first kappa shape index (κ1) is 21.4. The quantitative estimate of drug-likeness (QED) is 0.693.